The zero-order valence-corrected chi connectivity index (χ0v) is 16.8. The van der Waals surface area contributed by atoms with E-state index in [1.807, 2.05) is 0 Å². The van der Waals surface area contributed by atoms with Crippen molar-refractivity contribution < 1.29 is 23.9 Å². The first kappa shape index (κ1) is 20.7. The smallest absolute Gasteiger partial charge is 0.261 e. The average Bonchev–Trinajstić information content (AvgIpc) is 3.37. The molecule has 4 rings (SSSR count). The summed E-state index contributed by atoms with van der Waals surface area (Å²) in [4.78, 5) is 54.8. The number of rotatable bonds is 7. The van der Waals surface area contributed by atoms with Gasteiger partial charge in [0.1, 0.15) is 0 Å². The van der Waals surface area contributed by atoms with Gasteiger partial charge in [0.25, 0.3) is 17.7 Å². The summed E-state index contributed by atoms with van der Waals surface area (Å²) in [6.07, 6.45) is 4.81. The van der Waals surface area contributed by atoms with Gasteiger partial charge in [-0.25, -0.2) is 0 Å². The molecule has 2 aliphatic rings. The number of fused-ring (bicyclic) bond motifs is 1. The molecule has 31 heavy (non-hydrogen) atoms. The molecule has 2 aromatic rings. The van der Waals surface area contributed by atoms with Gasteiger partial charge in [0.05, 0.1) is 35.7 Å². The molecule has 2 N–H and O–H groups in total. The number of anilines is 1. The Morgan fingerprint density at radius 2 is 2.00 bits per heavy atom. The fourth-order valence-electron chi connectivity index (χ4n) is 3.64. The van der Waals surface area contributed by atoms with Gasteiger partial charge in [-0.05, 0) is 43.2 Å². The molecular weight excluding hydrogens is 400 g/mol. The number of nitrogens with one attached hydrogen (secondary N) is 2. The van der Waals surface area contributed by atoms with E-state index in [0.717, 1.165) is 12.8 Å². The minimum atomic E-state index is -0.421. The van der Waals surface area contributed by atoms with Crippen LogP contribution in [0.4, 0.5) is 5.69 Å². The van der Waals surface area contributed by atoms with Crippen molar-refractivity contribution in [2.45, 2.75) is 25.4 Å². The van der Waals surface area contributed by atoms with E-state index in [2.05, 4.69) is 15.6 Å². The lowest BCUT2D eigenvalue weighted by Crippen LogP contribution is -2.36. The lowest BCUT2D eigenvalue weighted by Gasteiger charge is -2.17. The Hall–Kier alpha value is -3.59. The molecular formula is C22H22N4O5. The number of hydrogen-bond acceptors (Lipinski definition) is 6. The fourth-order valence-corrected chi connectivity index (χ4v) is 3.64. The van der Waals surface area contributed by atoms with Crippen LogP contribution in [0.1, 0.15) is 50.3 Å². The number of benzene rings is 1. The molecule has 1 atom stereocenters. The van der Waals surface area contributed by atoms with Crippen molar-refractivity contribution in [2.75, 3.05) is 25.0 Å². The van der Waals surface area contributed by atoms with E-state index < -0.39 is 11.8 Å². The topological polar surface area (TPSA) is 118 Å². The summed E-state index contributed by atoms with van der Waals surface area (Å²) in [5.41, 5.74) is 1.33. The van der Waals surface area contributed by atoms with Gasteiger partial charge < -0.3 is 15.4 Å². The van der Waals surface area contributed by atoms with Crippen molar-refractivity contribution in [2.24, 2.45) is 0 Å². The quantitative estimate of drug-likeness (QED) is 0.655. The van der Waals surface area contributed by atoms with Gasteiger partial charge >= 0.3 is 0 Å². The number of hydrogen-bond donors (Lipinski definition) is 2. The maximum absolute atomic E-state index is 12.7. The zero-order valence-electron chi connectivity index (χ0n) is 16.8. The van der Waals surface area contributed by atoms with Gasteiger partial charge in [-0.1, -0.05) is 0 Å². The van der Waals surface area contributed by atoms with E-state index >= 15 is 0 Å². The molecule has 9 nitrogen and oxygen atoms in total. The van der Waals surface area contributed by atoms with Crippen LogP contribution in [0.5, 0.6) is 0 Å². The van der Waals surface area contributed by atoms with Gasteiger partial charge in [0, 0.05) is 31.3 Å². The minimum Gasteiger partial charge on any atom is -0.376 e. The maximum Gasteiger partial charge on any atom is 0.261 e. The lowest BCUT2D eigenvalue weighted by atomic mass is 10.1. The zero-order chi connectivity index (χ0) is 21.8. The Labute approximate surface area is 178 Å². The number of carbonyl (C=O) groups excluding carboxylic acids is 4. The first-order valence-corrected chi connectivity index (χ1v) is 10.1. The number of aromatic nitrogens is 1. The van der Waals surface area contributed by atoms with Gasteiger partial charge in [0.2, 0.25) is 5.91 Å². The predicted octanol–water partition coefficient (Wildman–Crippen LogP) is 1.62. The van der Waals surface area contributed by atoms with Gasteiger partial charge in [-0.3, -0.25) is 29.1 Å². The van der Waals surface area contributed by atoms with Crippen LogP contribution in [0.3, 0.4) is 0 Å². The third-order valence-electron chi connectivity index (χ3n) is 5.23. The van der Waals surface area contributed by atoms with Gasteiger partial charge in [0.15, 0.2) is 0 Å². The second-order valence-corrected chi connectivity index (χ2v) is 7.41. The molecule has 3 heterocycles. The molecule has 0 saturated carbocycles. The van der Waals surface area contributed by atoms with Crippen LogP contribution in [0.2, 0.25) is 0 Å². The highest BCUT2D eigenvalue weighted by Gasteiger charge is 2.37. The minimum absolute atomic E-state index is 0.0815. The van der Waals surface area contributed by atoms with E-state index in [0.29, 0.717) is 12.3 Å². The summed E-state index contributed by atoms with van der Waals surface area (Å²) in [6, 6.07) is 7.85. The van der Waals surface area contributed by atoms with Crippen molar-refractivity contribution in [1.29, 1.82) is 0 Å². The molecule has 1 unspecified atom stereocenters. The van der Waals surface area contributed by atoms with Crippen molar-refractivity contribution in [3.63, 3.8) is 0 Å². The Morgan fingerprint density at radius 3 is 2.74 bits per heavy atom. The van der Waals surface area contributed by atoms with E-state index in [4.69, 9.17) is 4.74 Å². The highest BCUT2D eigenvalue weighted by atomic mass is 16.5. The average molecular weight is 422 g/mol. The summed E-state index contributed by atoms with van der Waals surface area (Å²) < 4.78 is 5.53. The Balaban J connectivity index is 1.33. The van der Waals surface area contributed by atoms with Crippen molar-refractivity contribution >= 4 is 29.3 Å². The first-order valence-electron chi connectivity index (χ1n) is 10.1. The third-order valence-corrected chi connectivity index (χ3v) is 5.23. The van der Waals surface area contributed by atoms with Crippen LogP contribution in [0.25, 0.3) is 0 Å². The largest absolute Gasteiger partial charge is 0.376 e. The van der Waals surface area contributed by atoms with Crippen LogP contribution in [-0.4, -0.2) is 59.3 Å². The number of carbonyl (C=O) groups is 4. The highest BCUT2D eigenvalue weighted by Crippen LogP contribution is 2.26. The van der Waals surface area contributed by atoms with E-state index in [1.54, 1.807) is 18.3 Å². The standard InChI is InChI=1S/C22H22N4O5/c27-19(25-15-3-1-8-23-12-15)7-9-24-20(28)14-5-6-17-18(11-14)22(30)26(21(17)29)13-16-4-2-10-31-16/h1,3,5-6,8,11-12,16H,2,4,7,9-10,13H2,(H,24,28)(H,25,27). The fraction of sp³-hybridized carbons (Fsp3) is 0.318. The third kappa shape index (κ3) is 4.61. The molecule has 160 valence electrons. The lowest BCUT2D eigenvalue weighted by molar-refractivity contribution is -0.116. The first-order chi connectivity index (χ1) is 15.0. The molecule has 0 aliphatic carbocycles. The molecule has 9 heteroatoms. The molecule has 0 bridgehead atoms. The van der Waals surface area contributed by atoms with Crippen LogP contribution < -0.4 is 10.6 Å². The molecule has 2 aliphatic heterocycles. The second-order valence-electron chi connectivity index (χ2n) is 7.41. The van der Waals surface area contributed by atoms with Crippen LogP contribution in [0.15, 0.2) is 42.7 Å². The Bertz CT molecular complexity index is 1020. The number of amides is 4. The van der Waals surface area contributed by atoms with Gasteiger partial charge in [-0.2, -0.15) is 0 Å². The van der Waals surface area contributed by atoms with Crippen LogP contribution in [0, 0.1) is 0 Å². The van der Waals surface area contributed by atoms with E-state index in [1.165, 1.54) is 29.3 Å². The Kier molecular flexibility index (Phi) is 6.03. The number of ether oxygens (including phenoxy) is 1. The Morgan fingerprint density at radius 1 is 1.16 bits per heavy atom. The number of nitrogens with zero attached hydrogens (tertiary/aromatic N) is 2. The van der Waals surface area contributed by atoms with Crippen LogP contribution >= 0.6 is 0 Å². The molecule has 1 saturated heterocycles. The van der Waals surface area contributed by atoms with Crippen molar-refractivity contribution in [3.05, 3.63) is 59.4 Å². The number of imide groups is 1. The summed E-state index contributed by atoms with van der Waals surface area (Å²) in [7, 11) is 0. The van der Waals surface area contributed by atoms with E-state index in [9.17, 15) is 19.2 Å². The highest BCUT2D eigenvalue weighted by molar-refractivity contribution is 6.22. The summed E-state index contributed by atoms with van der Waals surface area (Å²) in [5, 5.41) is 5.34. The number of pyridine rings is 1. The molecule has 1 aromatic heterocycles. The normalized spacial score (nSPS) is 17.5. The van der Waals surface area contributed by atoms with Crippen molar-refractivity contribution in [1.82, 2.24) is 15.2 Å². The van der Waals surface area contributed by atoms with Gasteiger partial charge in [-0.15, -0.1) is 0 Å². The summed E-state index contributed by atoms with van der Waals surface area (Å²) >= 11 is 0. The second kappa shape index (κ2) is 9.05. The molecule has 0 spiro atoms. The summed E-state index contributed by atoms with van der Waals surface area (Å²) in [6.45, 7) is 0.984. The van der Waals surface area contributed by atoms with E-state index in [-0.39, 0.29) is 54.1 Å². The summed E-state index contributed by atoms with van der Waals surface area (Å²) in [5.74, 6) is -1.46. The molecule has 1 fully saturated rings. The predicted molar refractivity (Wildman–Crippen MR) is 111 cm³/mol. The molecule has 1 aromatic carbocycles. The molecule has 4 amide bonds. The monoisotopic (exact) mass is 422 g/mol. The SMILES string of the molecule is O=C(CCNC(=O)c1ccc2c(c1)C(=O)N(CC1CCCO1)C2=O)Nc1cccnc1. The van der Waals surface area contributed by atoms with Crippen LogP contribution in [-0.2, 0) is 9.53 Å². The van der Waals surface area contributed by atoms with Crippen molar-refractivity contribution in [3.8, 4) is 0 Å². The molecule has 0 radical (unpaired) electrons. The maximum atomic E-state index is 12.7.